The van der Waals surface area contributed by atoms with Gasteiger partial charge in [-0.1, -0.05) is 30.3 Å². The molecule has 1 saturated heterocycles. The Morgan fingerprint density at radius 1 is 0.920 bits per heavy atom. The number of para-hydroxylation sites is 3. The number of hydrogen-bond acceptors (Lipinski definition) is 5. The van der Waals surface area contributed by atoms with Crippen molar-refractivity contribution >= 4 is 22.7 Å². The molecule has 130 valence electrons. The Morgan fingerprint density at radius 3 is 2.56 bits per heavy atom. The van der Waals surface area contributed by atoms with Crippen molar-refractivity contribution in [2.24, 2.45) is 0 Å². The van der Waals surface area contributed by atoms with E-state index in [9.17, 15) is 15.3 Å². The van der Waals surface area contributed by atoms with Gasteiger partial charge in [0.1, 0.15) is 18.0 Å². The number of aliphatic hydroxyl groups is 3. The maximum atomic E-state index is 10.2. The zero-order valence-electron chi connectivity index (χ0n) is 13.4. The molecule has 0 unspecified atom stereocenters. The molecule has 25 heavy (non-hydrogen) atoms. The first-order valence-corrected chi connectivity index (χ1v) is 9.18. The van der Waals surface area contributed by atoms with E-state index in [0.717, 1.165) is 16.6 Å². The SMILES string of the molecule is O[C@@H]1[C@@H](O)[C@H](Oc2ccccc2-n2ccc3ccccc32)SC[C@H]1O. The van der Waals surface area contributed by atoms with Crippen molar-refractivity contribution in [3.05, 3.63) is 60.8 Å². The van der Waals surface area contributed by atoms with Crippen molar-refractivity contribution in [2.45, 2.75) is 23.7 Å². The number of fused-ring (bicyclic) bond motifs is 1. The number of aromatic nitrogens is 1. The van der Waals surface area contributed by atoms with Crippen molar-refractivity contribution in [2.75, 3.05) is 5.75 Å². The average molecular weight is 357 g/mol. The van der Waals surface area contributed by atoms with Crippen LogP contribution in [0.1, 0.15) is 0 Å². The molecule has 1 fully saturated rings. The lowest BCUT2D eigenvalue weighted by Crippen LogP contribution is -2.50. The molecule has 6 heteroatoms. The van der Waals surface area contributed by atoms with E-state index in [1.807, 2.05) is 65.4 Å². The summed E-state index contributed by atoms with van der Waals surface area (Å²) in [6.07, 6.45) is -1.31. The van der Waals surface area contributed by atoms with Gasteiger partial charge in [-0.05, 0) is 29.7 Å². The topological polar surface area (TPSA) is 74.8 Å². The van der Waals surface area contributed by atoms with Crippen LogP contribution in [-0.4, -0.2) is 49.4 Å². The van der Waals surface area contributed by atoms with Crippen molar-refractivity contribution in [1.29, 1.82) is 0 Å². The number of thioether (sulfide) groups is 1. The first-order valence-electron chi connectivity index (χ1n) is 8.13. The zero-order chi connectivity index (χ0) is 17.4. The predicted octanol–water partition coefficient (Wildman–Crippen LogP) is 2.16. The molecule has 0 saturated carbocycles. The summed E-state index contributed by atoms with van der Waals surface area (Å²) in [5, 5.41) is 30.9. The third-order valence-electron chi connectivity index (χ3n) is 4.42. The summed E-state index contributed by atoms with van der Waals surface area (Å²) in [7, 11) is 0. The smallest absolute Gasteiger partial charge is 0.173 e. The predicted molar refractivity (Wildman–Crippen MR) is 98.2 cm³/mol. The molecule has 2 aromatic carbocycles. The van der Waals surface area contributed by atoms with E-state index in [4.69, 9.17) is 4.74 Å². The summed E-state index contributed by atoms with van der Waals surface area (Å²) in [4.78, 5) is 0. The molecular weight excluding hydrogens is 338 g/mol. The van der Waals surface area contributed by atoms with Crippen LogP contribution in [0.15, 0.2) is 60.8 Å². The summed E-state index contributed by atoms with van der Waals surface area (Å²) in [6.45, 7) is 0. The minimum Gasteiger partial charge on any atom is -0.475 e. The maximum Gasteiger partial charge on any atom is 0.173 e. The van der Waals surface area contributed by atoms with Crippen LogP contribution >= 0.6 is 11.8 Å². The third-order valence-corrected chi connectivity index (χ3v) is 5.66. The van der Waals surface area contributed by atoms with Crippen LogP contribution in [0.25, 0.3) is 16.6 Å². The van der Waals surface area contributed by atoms with E-state index in [1.54, 1.807) is 0 Å². The van der Waals surface area contributed by atoms with Crippen molar-refractivity contribution < 1.29 is 20.1 Å². The molecule has 2 heterocycles. The van der Waals surface area contributed by atoms with Crippen LogP contribution in [0.5, 0.6) is 5.75 Å². The molecule has 0 spiro atoms. The molecule has 0 amide bonds. The van der Waals surface area contributed by atoms with E-state index >= 15 is 0 Å². The summed E-state index contributed by atoms with van der Waals surface area (Å²) >= 11 is 1.30. The quantitative estimate of drug-likeness (QED) is 0.670. The first kappa shape index (κ1) is 16.5. The molecule has 0 radical (unpaired) electrons. The van der Waals surface area contributed by atoms with Gasteiger partial charge in [0.05, 0.1) is 17.3 Å². The standard InChI is InChI=1S/C19H19NO4S/c21-15-11-25-19(18(23)17(15)22)24-16-8-4-3-7-14(16)20-10-9-12-5-1-2-6-13(12)20/h1-10,15,17-19,21-23H,11H2/t15-,17+,18-,19-/m1/s1. The molecule has 5 nitrogen and oxygen atoms in total. The second-order valence-corrected chi connectivity index (χ2v) is 7.21. The van der Waals surface area contributed by atoms with Gasteiger partial charge < -0.3 is 24.6 Å². The Morgan fingerprint density at radius 2 is 1.68 bits per heavy atom. The van der Waals surface area contributed by atoms with Crippen LogP contribution in [0.3, 0.4) is 0 Å². The normalized spacial score (nSPS) is 26.7. The fourth-order valence-electron chi connectivity index (χ4n) is 3.06. The van der Waals surface area contributed by atoms with E-state index in [0.29, 0.717) is 11.5 Å². The minimum absolute atomic E-state index is 0.317. The Bertz CT molecular complexity index is 880. The van der Waals surface area contributed by atoms with Crippen LogP contribution in [0.2, 0.25) is 0 Å². The molecule has 3 N–H and O–H groups in total. The lowest BCUT2D eigenvalue weighted by molar-refractivity contribution is -0.0785. The molecule has 3 aromatic rings. The van der Waals surface area contributed by atoms with Crippen molar-refractivity contribution in [3.8, 4) is 11.4 Å². The first-order chi connectivity index (χ1) is 12.1. The summed E-state index contributed by atoms with van der Waals surface area (Å²) in [6, 6.07) is 17.7. The minimum atomic E-state index is -1.20. The number of nitrogens with zero attached hydrogens (tertiary/aromatic N) is 1. The van der Waals surface area contributed by atoms with Crippen LogP contribution in [-0.2, 0) is 0 Å². The zero-order valence-corrected chi connectivity index (χ0v) is 14.2. The number of aliphatic hydroxyl groups excluding tert-OH is 3. The molecule has 1 aliphatic heterocycles. The monoisotopic (exact) mass is 357 g/mol. The van der Waals surface area contributed by atoms with Crippen molar-refractivity contribution in [3.63, 3.8) is 0 Å². The summed E-state index contributed by atoms with van der Waals surface area (Å²) in [5.74, 6) is 0.932. The van der Waals surface area contributed by atoms with Gasteiger partial charge in [-0.2, -0.15) is 0 Å². The van der Waals surface area contributed by atoms with Gasteiger partial charge in [0.2, 0.25) is 0 Å². The lowest BCUT2D eigenvalue weighted by Gasteiger charge is -2.34. The average Bonchev–Trinajstić information content (AvgIpc) is 3.07. The molecular formula is C19H19NO4S. The van der Waals surface area contributed by atoms with Gasteiger partial charge >= 0.3 is 0 Å². The Kier molecular flexibility index (Phi) is 4.43. The highest BCUT2D eigenvalue weighted by atomic mass is 32.2. The van der Waals surface area contributed by atoms with E-state index in [2.05, 4.69) is 0 Å². The van der Waals surface area contributed by atoms with Crippen LogP contribution in [0, 0.1) is 0 Å². The summed E-state index contributed by atoms with van der Waals surface area (Å²) in [5.41, 5.74) is 1.28. The van der Waals surface area contributed by atoms with Crippen molar-refractivity contribution in [1.82, 2.24) is 4.57 Å². The molecule has 0 aliphatic carbocycles. The highest BCUT2D eigenvalue weighted by molar-refractivity contribution is 7.99. The number of rotatable bonds is 3. The fourth-order valence-corrected chi connectivity index (χ4v) is 4.17. The van der Waals surface area contributed by atoms with Gasteiger partial charge in [0, 0.05) is 11.9 Å². The van der Waals surface area contributed by atoms with E-state index < -0.39 is 23.7 Å². The van der Waals surface area contributed by atoms with E-state index in [-0.39, 0.29) is 0 Å². The number of benzene rings is 2. The van der Waals surface area contributed by atoms with Gasteiger partial charge in [0.25, 0.3) is 0 Å². The highest BCUT2D eigenvalue weighted by Crippen LogP contribution is 2.33. The highest BCUT2D eigenvalue weighted by Gasteiger charge is 2.38. The fraction of sp³-hybridized carbons (Fsp3) is 0.263. The van der Waals surface area contributed by atoms with Crippen LogP contribution in [0.4, 0.5) is 0 Å². The Balaban J connectivity index is 1.68. The van der Waals surface area contributed by atoms with Gasteiger partial charge in [-0.3, -0.25) is 0 Å². The molecule has 4 rings (SSSR count). The molecule has 1 aromatic heterocycles. The van der Waals surface area contributed by atoms with Gasteiger partial charge in [-0.15, -0.1) is 11.8 Å². The largest absolute Gasteiger partial charge is 0.475 e. The second-order valence-electron chi connectivity index (χ2n) is 6.08. The lowest BCUT2D eigenvalue weighted by atomic mass is 10.1. The summed E-state index contributed by atoms with van der Waals surface area (Å²) < 4.78 is 8.05. The van der Waals surface area contributed by atoms with Gasteiger partial charge in [-0.25, -0.2) is 0 Å². The third kappa shape index (κ3) is 3.02. The number of ether oxygens (including phenoxy) is 1. The van der Waals surface area contributed by atoms with Crippen LogP contribution < -0.4 is 4.74 Å². The van der Waals surface area contributed by atoms with Gasteiger partial charge in [0.15, 0.2) is 5.44 Å². The van der Waals surface area contributed by atoms with E-state index in [1.165, 1.54) is 11.8 Å². The second kappa shape index (κ2) is 6.72. The number of hydrogen-bond donors (Lipinski definition) is 3. The maximum absolute atomic E-state index is 10.2. The molecule has 4 atom stereocenters. The Labute approximate surface area is 149 Å². The molecule has 0 bridgehead atoms. The molecule has 1 aliphatic rings. The Hall–Kier alpha value is -1.99.